The second kappa shape index (κ2) is 6.80. The van der Waals surface area contributed by atoms with E-state index in [0.717, 1.165) is 31.1 Å². The molecule has 1 N–H and O–H groups in total. The number of likely N-dealkylation sites (tertiary alicyclic amines) is 1. The Morgan fingerprint density at radius 2 is 2.16 bits per heavy atom. The maximum Gasteiger partial charge on any atom is 0.123 e. The molecule has 0 radical (unpaired) electrons. The minimum atomic E-state index is 0.343. The molecule has 0 saturated carbocycles. The lowest BCUT2D eigenvalue weighted by atomic mass is 9.98. The van der Waals surface area contributed by atoms with Gasteiger partial charge in [-0.2, -0.15) is 0 Å². The molecular formula is C16H25NO2. The van der Waals surface area contributed by atoms with E-state index in [4.69, 9.17) is 4.74 Å². The van der Waals surface area contributed by atoms with E-state index in [9.17, 15) is 5.11 Å². The third-order valence-electron chi connectivity index (χ3n) is 4.20. The summed E-state index contributed by atoms with van der Waals surface area (Å²) in [5.74, 6) is 1.94. The summed E-state index contributed by atoms with van der Waals surface area (Å²) in [6.45, 7) is 5.41. The van der Waals surface area contributed by atoms with E-state index >= 15 is 0 Å². The van der Waals surface area contributed by atoms with Crippen LogP contribution in [0.2, 0.25) is 0 Å². The standard InChI is InChI=1S/C16H25NO2/c1-3-13-5-4-9-17(10-8-13)12-14-6-7-15(19-2)11-16(14)18/h6-7,11,13,18H,3-5,8-10,12H2,1-2H3. The van der Waals surface area contributed by atoms with Gasteiger partial charge >= 0.3 is 0 Å². The molecule has 3 nitrogen and oxygen atoms in total. The molecule has 1 aromatic carbocycles. The summed E-state index contributed by atoms with van der Waals surface area (Å²) in [6.07, 6.45) is 5.20. The fourth-order valence-electron chi connectivity index (χ4n) is 2.84. The summed E-state index contributed by atoms with van der Waals surface area (Å²) in [6, 6.07) is 5.58. The molecule has 1 aliphatic rings. The first-order chi connectivity index (χ1) is 9.22. The average Bonchev–Trinajstić information content (AvgIpc) is 2.66. The highest BCUT2D eigenvalue weighted by Gasteiger charge is 2.16. The monoisotopic (exact) mass is 263 g/mol. The van der Waals surface area contributed by atoms with Gasteiger partial charge in [-0.3, -0.25) is 4.90 Å². The lowest BCUT2D eigenvalue weighted by Crippen LogP contribution is -2.24. The highest BCUT2D eigenvalue weighted by atomic mass is 16.5. The molecular weight excluding hydrogens is 238 g/mol. The van der Waals surface area contributed by atoms with E-state index < -0.39 is 0 Å². The number of phenolic OH excluding ortho intramolecular Hbond substituents is 1. The predicted octanol–water partition coefficient (Wildman–Crippen LogP) is 3.41. The molecule has 1 heterocycles. The molecule has 1 unspecified atom stereocenters. The van der Waals surface area contributed by atoms with Crippen LogP contribution in [0, 0.1) is 5.92 Å². The number of rotatable bonds is 4. The van der Waals surface area contributed by atoms with Crippen molar-refractivity contribution >= 4 is 0 Å². The third-order valence-corrected chi connectivity index (χ3v) is 4.20. The zero-order valence-corrected chi connectivity index (χ0v) is 12.1. The highest BCUT2D eigenvalue weighted by molar-refractivity contribution is 5.39. The first-order valence-corrected chi connectivity index (χ1v) is 7.31. The molecule has 0 bridgehead atoms. The number of ether oxygens (including phenoxy) is 1. The van der Waals surface area contributed by atoms with Crippen molar-refractivity contribution in [2.45, 2.75) is 39.2 Å². The molecule has 2 rings (SSSR count). The fourth-order valence-corrected chi connectivity index (χ4v) is 2.84. The van der Waals surface area contributed by atoms with Crippen LogP contribution < -0.4 is 4.74 Å². The lowest BCUT2D eigenvalue weighted by Gasteiger charge is -2.20. The van der Waals surface area contributed by atoms with Crippen molar-refractivity contribution in [2.24, 2.45) is 5.92 Å². The van der Waals surface area contributed by atoms with E-state index in [2.05, 4.69) is 11.8 Å². The van der Waals surface area contributed by atoms with E-state index in [1.807, 2.05) is 12.1 Å². The topological polar surface area (TPSA) is 32.7 Å². The Hall–Kier alpha value is -1.22. The van der Waals surface area contributed by atoms with Crippen molar-refractivity contribution in [3.8, 4) is 11.5 Å². The lowest BCUT2D eigenvalue weighted by molar-refractivity contribution is 0.268. The van der Waals surface area contributed by atoms with Gasteiger partial charge in [0.25, 0.3) is 0 Å². The van der Waals surface area contributed by atoms with Gasteiger partial charge in [-0.05, 0) is 44.3 Å². The smallest absolute Gasteiger partial charge is 0.123 e. The van der Waals surface area contributed by atoms with Crippen LogP contribution >= 0.6 is 0 Å². The molecule has 1 aromatic rings. The van der Waals surface area contributed by atoms with Crippen LogP contribution in [0.4, 0.5) is 0 Å². The first kappa shape index (κ1) is 14.2. The maximum atomic E-state index is 10.0. The third kappa shape index (κ3) is 3.87. The van der Waals surface area contributed by atoms with Crippen molar-refractivity contribution in [1.29, 1.82) is 0 Å². The summed E-state index contributed by atoms with van der Waals surface area (Å²) in [4.78, 5) is 2.46. The van der Waals surface area contributed by atoms with Crippen molar-refractivity contribution in [1.82, 2.24) is 4.90 Å². The normalized spacial score (nSPS) is 21.1. The maximum absolute atomic E-state index is 10.0. The number of hydrogen-bond donors (Lipinski definition) is 1. The first-order valence-electron chi connectivity index (χ1n) is 7.31. The van der Waals surface area contributed by atoms with Gasteiger partial charge in [-0.15, -0.1) is 0 Å². The van der Waals surface area contributed by atoms with Crippen LogP contribution in [0.15, 0.2) is 18.2 Å². The molecule has 0 spiro atoms. The van der Waals surface area contributed by atoms with Gasteiger partial charge in [0, 0.05) is 18.2 Å². The quantitative estimate of drug-likeness (QED) is 0.903. The Kier molecular flexibility index (Phi) is 5.08. The number of methoxy groups -OCH3 is 1. The average molecular weight is 263 g/mol. The largest absolute Gasteiger partial charge is 0.507 e. The van der Waals surface area contributed by atoms with Gasteiger partial charge in [0.15, 0.2) is 0 Å². The van der Waals surface area contributed by atoms with Gasteiger partial charge in [0.1, 0.15) is 11.5 Å². The van der Waals surface area contributed by atoms with Gasteiger partial charge in [-0.1, -0.05) is 19.4 Å². The van der Waals surface area contributed by atoms with Crippen molar-refractivity contribution in [2.75, 3.05) is 20.2 Å². The van der Waals surface area contributed by atoms with Gasteiger partial charge < -0.3 is 9.84 Å². The molecule has 1 fully saturated rings. The molecule has 0 amide bonds. The SMILES string of the molecule is CCC1CCCN(Cc2ccc(OC)cc2O)CC1. The fraction of sp³-hybridized carbons (Fsp3) is 0.625. The molecule has 0 aromatic heterocycles. The summed E-state index contributed by atoms with van der Waals surface area (Å²) in [5, 5.41) is 10.0. The number of nitrogens with zero attached hydrogens (tertiary/aromatic N) is 1. The minimum Gasteiger partial charge on any atom is -0.507 e. The molecule has 3 heteroatoms. The van der Waals surface area contributed by atoms with Crippen LogP contribution in [0.3, 0.4) is 0 Å². The molecule has 19 heavy (non-hydrogen) atoms. The van der Waals surface area contributed by atoms with E-state index in [1.54, 1.807) is 13.2 Å². The van der Waals surface area contributed by atoms with Crippen LogP contribution in [-0.2, 0) is 6.54 Å². The van der Waals surface area contributed by atoms with Crippen molar-refractivity contribution < 1.29 is 9.84 Å². The Labute approximate surface area is 116 Å². The summed E-state index contributed by atoms with van der Waals surface area (Å²) >= 11 is 0. The zero-order chi connectivity index (χ0) is 13.7. The molecule has 1 saturated heterocycles. The Morgan fingerprint density at radius 1 is 1.32 bits per heavy atom. The van der Waals surface area contributed by atoms with Gasteiger partial charge in [0.2, 0.25) is 0 Å². The Morgan fingerprint density at radius 3 is 2.84 bits per heavy atom. The van der Waals surface area contributed by atoms with E-state index in [0.29, 0.717) is 11.5 Å². The number of benzene rings is 1. The Balaban J connectivity index is 1.97. The number of aromatic hydroxyl groups is 1. The summed E-state index contributed by atoms with van der Waals surface area (Å²) in [5.41, 5.74) is 0.996. The van der Waals surface area contributed by atoms with Crippen LogP contribution in [-0.4, -0.2) is 30.2 Å². The van der Waals surface area contributed by atoms with Crippen LogP contribution in [0.5, 0.6) is 11.5 Å². The van der Waals surface area contributed by atoms with Gasteiger partial charge in [0.05, 0.1) is 7.11 Å². The summed E-state index contributed by atoms with van der Waals surface area (Å²) < 4.78 is 5.11. The molecule has 106 valence electrons. The minimum absolute atomic E-state index is 0.343. The molecule has 1 atom stereocenters. The molecule has 0 aliphatic carbocycles. The van der Waals surface area contributed by atoms with Crippen molar-refractivity contribution in [3.05, 3.63) is 23.8 Å². The molecule has 1 aliphatic heterocycles. The second-order valence-corrected chi connectivity index (χ2v) is 5.48. The van der Waals surface area contributed by atoms with Gasteiger partial charge in [-0.25, -0.2) is 0 Å². The zero-order valence-electron chi connectivity index (χ0n) is 12.1. The number of hydrogen-bond acceptors (Lipinski definition) is 3. The van der Waals surface area contributed by atoms with Crippen molar-refractivity contribution in [3.63, 3.8) is 0 Å². The summed E-state index contributed by atoms with van der Waals surface area (Å²) in [7, 11) is 1.62. The van der Waals surface area contributed by atoms with E-state index in [-0.39, 0.29) is 0 Å². The second-order valence-electron chi connectivity index (χ2n) is 5.48. The highest BCUT2D eigenvalue weighted by Crippen LogP contribution is 2.26. The Bertz CT molecular complexity index is 406. The predicted molar refractivity (Wildman–Crippen MR) is 77.6 cm³/mol. The van der Waals surface area contributed by atoms with Crippen LogP contribution in [0.1, 0.15) is 38.2 Å². The van der Waals surface area contributed by atoms with E-state index in [1.165, 1.54) is 25.7 Å². The number of phenols is 1. The van der Waals surface area contributed by atoms with Crippen LogP contribution in [0.25, 0.3) is 0 Å².